The molecule has 0 aliphatic heterocycles. The maximum absolute atomic E-state index is 12.8. The topological polar surface area (TPSA) is 88.0 Å². The van der Waals surface area contributed by atoms with Crippen LogP contribution in [0.4, 0.5) is 4.39 Å². The van der Waals surface area contributed by atoms with E-state index in [0.29, 0.717) is 21.3 Å². The molecule has 2 aromatic rings. The third-order valence-electron chi connectivity index (χ3n) is 2.99. The van der Waals surface area contributed by atoms with Gasteiger partial charge in [-0.25, -0.2) is 14.6 Å². The fourth-order valence-corrected chi connectivity index (χ4v) is 2.37. The first-order valence-electron chi connectivity index (χ1n) is 7.14. The average Bonchev–Trinajstić information content (AvgIpc) is 2.56. The molecule has 0 spiro atoms. The van der Waals surface area contributed by atoms with Crippen molar-refractivity contribution < 1.29 is 23.8 Å². The summed E-state index contributed by atoms with van der Waals surface area (Å²) in [7, 11) is 0. The van der Waals surface area contributed by atoms with Gasteiger partial charge >= 0.3 is 5.97 Å². The highest BCUT2D eigenvalue weighted by Crippen LogP contribution is 2.25. The van der Waals surface area contributed by atoms with Crippen molar-refractivity contribution in [3.63, 3.8) is 0 Å². The number of aliphatic carboxylic acids is 1. The largest absolute Gasteiger partial charge is 0.481 e. The lowest BCUT2D eigenvalue weighted by Crippen LogP contribution is -2.19. The van der Waals surface area contributed by atoms with Crippen LogP contribution in [0.3, 0.4) is 0 Å². The summed E-state index contributed by atoms with van der Waals surface area (Å²) in [4.78, 5) is 22.2. The molecule has 0 bridgehead atoms. The number of amides is 1. The molecule has 6 nitrogen and oxygen atoms in total. The van der Waals surface area contributed by atoms with Crippen molar-refractivity contribution in [1.29, 1.82) is 0 Å². The van der Waals surface area contributed by atoms with Crippen LogP contribution in [0, 0.1) is 5.82 Å². The Morgan fingerprint density at radius 1 is 1.24 bits per heavy atom. The van der Waals surface area contributed by atoms with Gasteiger partial charge in [-0.05, 0) is 57.4 Å². The molecule has 1 amide bonds. The summed E-state index contributed by atoms with van der Waals surface area (Å²) in [6.07, 6.45) is 1.53. The number of nitrogens with one attached hydrogen (secondary N) is 1. The first-order chi connectivity index (χ1) is 11.9. The molecule has 0 saturated carbocycles. The van der Waals surface area contributed by atoms with Crippen molar-refractivity contribution in [3.05, 3.63) is 63.9 Å². The van der Waals surface area contributed by atoms with Gasteiger partial charge in [0.2, 0.25) is 5.91 Å². The van der Waals surface area contributed by atoms with Crippen molar-refractivity contribution in [1.82, 2.24) is 5.43 Å². The van der Waals surface area contributed by atoms with Crippen LogP contribution in [-0.2, 0) is 16.0 Å². The van der Waals surface area contributed by atoms with Crippen molar-refractivity contribution >= 4 is 34.0 Å². The molecule has 2 rings (SSSR count). The molecule has 2 N–H and O–H groups in total. The monoisotopic (exact) mass is 408 g/mol. The van der Waals surface area contributed by atoms with E-state index >= 15 is 0 Å². The van der Waals surface area contributed by atoms with E-state index in [1.165, 1.54) is 30.5 Å². The van der Waals surface area contributed by atoms with Gasteiger partial charge in [0.1, 0.15) is 11.6 Å². The number of halogens is 2. The van der Waals surface area contributed by atoms with Gasteiger partial charge in [-0.3, -0.25) is 4.79 Å². The second-order valence-corrected chi connectivity index (χ2v) is 5.82. The van der Waals surface area contributed by atoms with Crippen LogP contribution in [0.1, 0.15) is 11.1 Å². The van der Waals surface area contributed by atoms with Crippen LogP contribution < -0.4 is 10.2 Å². The highest BCUT2D eigenvalue weighted by Gasteiger charge is 2.05. The van der Waals surface area contributed by atoms with Crippen LogP contribution >= 0.6 is 15.9 Å². The summed E-state index contributed by atoms with van der Waals surface area (Å²) in [6.45, 7) is -0.439. The predicted molar refractivity (Wildman–Crippen MR) is 93.1 cm³/mol. The fourth-order valence-electron chi connectivity index (χ4n) is 1.86. The molecular formula is C17H14BrFN2O4. The smallest absolute Gasteiger partial charge is 0.341 e. The Balaban J connectivity index is 1.88. The van der Waals surface area contributed by atoms with E-state index in [4.69, 9.17) is 9.84 Å². The molecule has 2 aromatic carbocycles. The minimum atomic E-state index is -1.07. The second kappa shape index (κ2) is 8.93. The van der Waals surface area contributed by atoms with Crippen LogP contribution in [0.2, 0.25) is 0 Å². The van der Waals surface area contributed by atoms with Gasteiger partial charge in [-0.1, -0.05) is 12.1 Å². The third kappa shape index (κ3) is 6.34. The first-order valence-corrected chi connectivity index (χ1v) is 7.94. The van der Waals surface area contributed by atoms with Gasteiger partial charge < -0.3 is 9.84 Å². The molecule has 130 valence electrons. The number of rotatable bonds is 7. The van der Waals surface area contributed by atoms with Crippen LogP contribution in [-0.4, -0.2) is 29.8 Å². The van der Waals surface area contributed by atoms with Crippen molar-refractivity contribution in [2.75, 3.05) is 6.61 Å². The van der Waals surface area contributed by atoms with Crippen LogP contribution in [0.15, 0.2) is 52.0 Å². The molecule has 0 aromatic heterocycles. The Morgan fingerprint density at radius 2 is 1.96 bits per heavy atom. The maximum atomic E-state index is 12.8. The molecule has 0 saturated heterocycles. The van der Waals surface area contributed by atoms with E-state index in [1.54, 1.807) is 18.2 Å². The summed E-state index contributed by atoms with van der Waals surface area (Å²) in [5.41, 5.74) is 3.74. The van der Waals surface area contributed by atoms with Gasteiger partial charge in [-0.15, -0.1) is 0 Å². The molecule has 0 aliphatic carbocycles. The summed E-state index contributed by atoms with van der Waals surface area (Å²) >= 11 is 3.27. The van der Waals surface area contributed by atoms with Crippen molar-refractivity contribution in [2.24, 2.45) is 5.10 Å². The quantitative estimate of drug-likeness (QED) is 0.544. The van der Waals surface area contributed by atoms with Gasteiger partial charge in [0.15, 0.2) is 6.61 Å². The maximum Gasteiger partial charge on any atom is 0.341 e. The Bertz CT molecular complexity index is 794. The molecule has 0 atom stereocenters. The number of nitrogens with zero attached hydrogens (tertiary/aromatic N) is 1. The molecule has 0 fully saturated rings. The zero-order valence-corrected chi connectivity index (χ0v) is 14.5. The summed E-state index contributed by atoms with van der Waals surface area (Å²) in [5.74, 6) is -1.37. The zero-order chi connectivity index (χ0) is 18.2. The Labute approximate surface area is 151 Å². The molecule has 25 heavy (non-hydrogen) atoms. The first kappa shape index (κ1) is 18.6. The Kier molecular flexibility index (Phi) is 6.64. The van der Waals surface area contributed by atoms with E-state index in [-0.39, 0.29) is 18.1 Å². The van der Waals surface area contributed by atoms with E-state index in [1.807, 2.05) is 0 Å². The van der Waals surface area contributed by atoms with E-state index in [2.05, 4.69) is 26.5 Å². The lowest BCUT2D eigenvalue weighted by molar-refractivity contribution is -0.139. The number of carbonyl (C=O) groups excluding carboxylic acids is 1. The number of carboxylic acids is 1. The van der Waals surface area contributed by atoms with Gasteiger partial charge in [0.05, 0.1) is 17.1 Å². The highest BCUT2D eigenvalue weighted by atomic mass is 79.9. The van der Waals surface area contributed by atoms with Gasteiger partial charge in [-0.2, -0.15) is 5.10 Å². The summed E-state index contributed by atoms with van der Waals surface area (Å²) < 4.78 is 18.4. The van der Waals surface area contributed by atoms with Crippen molar-refractivity contribution in [3.8, 4) is 5.75 Å². The molecule has 0 radical (unpaired) electrons. The minimum absolute atomic E-state index is 0.0866. The average molecular weight is 409 g/mol. The second-order valence-electron chi connectivity index (χ2n) is 4.97. The van der Waals surface area contributed by atoms with Gasteiger partial charge in [0, 0.05) is 0 Å². The molecule has 0 unspecified atom stereocenters. The van der Waals surface area contributed by atoms with E-state index in [9.17, 15) is 14.0 Å². The summed E-state index contributed by atoms with van der Waals surface area (Å²) in [5, 5.41) is 12.4. The molecule has 0 heterocycles. The Morgan fingerprint density at radius 3 is 2.60 bits per heavy atom. The standard InChI is InChI=1S/C17H14BrFN2O4/c18-14-7-12(3-6-15(14)25-10-17(23)24)9-20-21-16(22)8-11-1-4-13(19)5-2-11/h1-7,9H,8,10H2,(H,21,22)(H,23,24)/b20-9+. The van der Waals surface area contributed by atoms with Crippen LogP contribution in [0.25, 0.3) is 0 Å². The SMILES string of the molecule is O=C(O)COc1ccc(/C=N/NC(=O)Cc2ccc(F)cc2)cc1Br. The zero-order valence-electron chi connectivity index (χ0n) is 12.9. The Hall–Kier alpha value is -2.74. The lowest BCUT2D eigenvalue weighted by atomic mass is 10.1. The minimum Gasteiger partial charge on any atom is -0.481 e. The number of ether oxygens (including phenoxy) is 1. The molecule has 0 aliphatic rings. The number of carboxylic acid groups (broad SMARTS) is 1. The fraction of sp³-hybridized carbons (Fsp3) is 0.118. The van der Waals surface area contributed by atoms with Gasteiger partial charge in [0.25, 0.3) is 0 Å². The van der Waals surface area contributed by atoms with E-state index in [0.717, 1.165) is 0 Å². The lowest BCUT2D eigenvalue weighted by Gasteiger charge is -2.06. The number of hydrogen-bond donors (Lipinski definition) is 2. The number of benzene rings is 2. The third-order valence-corrected chi connectivity index (χ3v) is 3.61. The van der Waals surface area contributed by atoms with E-state index < -0.39 is 12.6 Å². The summed E-state index contributed by atoms with van der Waals surface area (Å²) in [6, 6.07) is 10.6. The van der Waals surface area contributed by atoms with Crippen LogP contribution in [0.5, 0.6) is 5.75 Å². The van der Waals surface area contributed by atoms with Crippen molar-refractivity contribution in [2.45, 2.75) is 6.42 Å². The molecular weight excluding hydrogens is 395 g/mol. The number of hydrazone groups is 1. The predicted octanol–water partition coefficient (Wildman–Crippen LogP) is 2.74. The highest BCUT2D eigenvalue weighted by molar-refractivity contribution is 9.10. The molecule has 8 heteroatoms. The normalized spacial score (nSPS) is 10.6. The number of hydrogen-bond acceptors (Lipinski definition) is 4. The number of carbonyl (C=O) groups is 2.